The molecule has 0 spiro atoms. The van der Waals surface area contributed by atoms with Gasteiger partial charge >= 0.3 is 0 Å². The fraction of sp³-hybridized carbons (Fsp3) is 0.562. The molecule has 1 fully saturated rings. The number of anilines is 1. The van der Waals surface area contributed by atoms with Gasteiger partial charge in [-0.1, -0.05) is 6.92 Å². The van der Waals surface area contributed by atoms with Crippen molar-refractivity contribution >= 4 is 11.6 Å². The third-order valence-corrected chi connectivity index (χ3v) is 4.29. The molecule has 1 aromatic rings. The van der Waals surface area contributed by atoms with E-state index in [0.717, 1.165) is 13.0 Å². The number of hydrogen-bond acceptors (Lipinski definition) is 6. The molecule has 4 N–H and O–H groups in total. The number of rotatable bonds is 6. The van der Waals surface area contributed by atoms with Gasteiger partial charge in [0.05, 0.1) is 32.6 Å². The average Bonchev–Trinajstić information content (AvgIpc) is 2.96. The minimum absolute atomic E-state index is 0.232. The summed E-state index contributed by atoms with van der Waals surface area (Å²) in [6.45, 7) is 3.70. The van der Waals surface area contributed by atoms with Crippen molar-refractivity contribution in [1.82, 2.24) is 10.6 Å². The van der Waals surface area contributed by atoms with Crippen LogP contribution in [-0.4, -0.2) is 46.4 Å². The van der Waals surface area contributed by atoms with Gasteiger partial charge in [-0.2, -0.15) is 0 Å². The molecule has 1 heterocycles. The highest BCUT2D eigenvalue weighted by atomic mass is 16.5. The fourth-order valence-electron chi connectivity index (χ4n) is 2.84. The predicted octanol–water partition coefficient (Wildman–Crippen LogP) is 1.02. The lowest BCUT2D eigenvalue weighted by Crippen LogP contribution is -2.40. The van der Waals surface area contributed by atoms with E-state index in [0.29, 0.717) is 35.3 Å². The molecule has 0 saturated carbocycles. The van der Waals surface area contributed by atoms with Crippen LogP contribution in [0.15, 0.2) is 6.07 Å². The van der Waals surface area contributed by atoms with E-state index in [1.165, 1.54) is 21.3 Å². The summed E-state index contributed by atoms with van der Waals surface area (Å²) in [6.07, 6.45) is 1.12. The zero-order chi connectivity index (χ0) is 17.0. The highest BCUT2D eigenvalue weighted by Gasteiger charge is 2.25. The second-order valence-electron chi connectivity index (χ2n) is 5.64. The fourth-order valence-corrected chi connectivity index (χ4v) is 2.84. The summed E-state index contributed by atoms with van der Waals surface area (Å²) in [5.74, 6) is 1.34. The minimum Gasteiger partial charge on any atom is -0.493 e. The van der Waals surface area contributed by atoms with E-state index in [9.17, 15) is 4.79 Å². The van der Waals surface area contributed by atoms with Crippen molar-refractivity contribution in [2.75, 3.05) is 40.2 Å². The Kier molecular flexibility index (Phi) is 5.54. The van der Waals surface area contributed by atoms with Crippen molar-refractivity contribution < 1.29 is 19.0 Å². The summed E-state index contributed by atoms with van der Waals surface area (Å²) in [4.78, 5) is 12.5. The second kappa shape index (κ2) is 7.41. The monoisotopic (exact) mass is 323 g/mol. The number of carbonyl (C=O) groups excluding carboxylic acids is 1. The minimum atomic E-state index is -0.261. The predicted molar refractivity (Wildman–Crippen MR) is 88.4 cm³/mol. The Morgan fingerprint density at radius 2 is 2.00 bits per heavy atom. The number of ether oxygens (including phenoxy) is 3. The van der Waals surface area contributed by atoms with E-state index in [2.05, 4.69) is 17.6 Å². The van der Waals surface area contributed by atoms with Crippen molar-refractivity contribution in [2.45, 2.75) is 19.4 Å². The Balaban J connectivity index is 2.22. The second-order valence-corrected chi connectivity index (χ2v) is 5.64. The standard InChI is InChI=1S/C16H25N3O4/c1-9-5-6-18-11(9)8-19-16(20)10-7-12(21-2)14(22-3)15(23-4)13(10)17/h7,9,11,18H,5-6,8,17H2,1-4H3,(H,19,20). The molecule has 7 heteroatoms. The van der Waals surface area contributed by atoms with Gasteiger partial charge in [-0.05, 0) is 24.9 Å². The number of benzene rings is 1. The van der Waals surface area contributed by atoms with Crippen LogP contribution in [0.25, 0.3) is 0 Å². The van der Waals surface area contributed by atoms with Gasteiger partial charge in [0.25, 0.3) is 5.91 Å². The summed E-state index contributed by atoms with van der Waals surface area (Å²) in [5, 5.41) is 6.29. The number of carbonyl (C=O) groups is 1. The Bertz CT molecular complexity index is 577. The van der Waals surface area contributed by atoms with Gasteiger partial charge in [0.1, 0.15) is 0 Å². The average molecular weight is 323 g/mol. The third-order valence-electron chi connectivity index (χ3n) is 4.29. The van der Waals surface area contributed by atoms with Crippen LogP contribution in [0.3, 0.4) is 0 Å². The van der Waals surface area contributed by atoms with Gasteiger partial charge in [0.15, 0.2) is 11.5 Å². The van der Waals surface area contributed by atoms with Gasteiger partial charge in [-0.3, -0.25) is 4.79 Å². The van der Waals surface area contributed by atoms with Crippen LogP contribution in [0.2, 0.25) is 0 Å². The van der Waals surface area contributed by atoms with Crippen LogP contribution in [0.5, 0.6) is 17.2 Å². The number of amides is 1. The molecule has 128 valence electrons. The smallest absolute Gasteiger partial charge is 0.253 e. The third kappa shape index (κ3) is 3.44. The van der Waals surface area contributed by atoms with Crippen molar-refractivity contribution in [3.8, 4) is 17.2 Å². The molecule has 1 aliphatic heterocycles. The summed E-state index contributed by atoms with van der Waals surface area (Å²) in [5.41, 5.74) is 6.61. The molecule has 7 nitrogen and oxygen atoms in total. The maximum Gasteiger partial charge on any atom is 0.253 e. The van der Waals surface area contributed by atoms with Crippen molar-refractivity contribution in [2.24, 2.45) is 5.92 Å². The molecule has 0 aromatic heterocycles. The Labute approximate surface area is 136 Å². The van der Waals surface area contributed by atoms with Crippen LogP contribution in [-0.2, 0) is 0 Å². The van der Waals surface area contributed by atoms with Crippen LogP contribution >= 0.6 is 0 Å². The number of hydrogen-bond donors (Lipinski definition) is 3. The molecule has 0 aliphatic carbocycles. The Morgan fingerprint density at radius 3 is 2.52 bits per heavy atom. The lowest BCUT2D eigenvalue weighted by molar-refractivity contribution is 0.0948. The van der Waals surface area contributed by atoms with E-state index in [-0.39, 0.29) is 17.6 Å². The van der Waals surface area contributed by atoms with Crippen LogP contribution in [0, 0.1) is 5.92 Å². The Morgan fingerprint density at radius 1 is 1.30 bits per heavy atom. The highest BCUT2D eigenvalue weighted by molar-refractivity contribution is 6.01. The van der Waals surface area contributed by atoms with Gasteiger partial charge in [-0.15, -0.1) is 0 Å². The Hall–Kier alpha value is -2.15. The largest absolute Gasteiger partial charge is 0.493 e. The first-order valence-electron chi connectivity index (χ1n) is 7.63. The molecule has 1 saturated heterocycles. The lowest BCUT2D eigenvalue weighted by Gasteiger charge is -2.19. The van der Waals surface area contributed by atoms with Gasteiger partial charge in [-0.25, -0.2) is 0 Å². The number of nitrogens with one attached hydrogen (secondary N) is 2. The quantitative estimate of drug-likeness (QED) is 0.677. The van der Waals surface area contributed by atoms with Crippen molar-refractivity contribution in [3.63, 3.8) is 0 Å². The van der Waals surface area contributed by atoms with E-state index in [1.807, 2.05) is 0 Å². The molecule has 1 amide bonds. The summed E-state index contributed by atoms with van der Waals surface area (Å²) in [7, 11) is 4.46. The molecule has 1 aliphatic rings. The van der Waals surface area contributed by atoms with Gasteiger partial charge < -0.3 is 30.6 Å². The first-order valence-corrected chi connectivity index (χ1v) is 7.63. The number of nitrogen functional groups attached to an aromatic ring is 1. The van der Waals surface area contributed by atoms with Gasteiger partial charge in [0, 0.05) is 12.6 Å². The van der Waals surface area contributed by atoms with E-state index in [4.69, 9.17) is 19.9 Å². The van der Waals surface area contributed by atoms with E-state index >= 15 is 0 Å². The molecule has 2 unspecified atom stereocenters. The van der Waals surface area contributed by atoms with E-state index < -0.39 is 0 Å². The first-order chi connectivity index (χ1) is 11.0. The lowest BCUT2D eigenvalue weighted by atomic mass is 10.0. The maximum absolute atomic E-state index is 12.5. The topological polar surface area (TPSA) is 94.8 Å². The molecule has 2 rings (SSSR count). The summed E-state index contributed by atoms with van der Waals surface area (Å²) in [6, 6.07) is 1.85. The van der Waals surface area contributed by atoms with Crippen molar-refractivity contribution in [3.05, 3.63) is 11.6 Å². The SMILES string of the molecule is COc1cc(C(=O)NCC2NCCC2C)c(N)c(OC)c1OC. The highest BCUT2D eigenvalue weighted by Crippen LogP contribution is 2.43. The zero-order valence-corrected chi connectivity index (χ0v) is 14.1. The molecule has 0 radical (unpaired) electrons. The first kappa shape index (κ1) is 17.2. The maximum atomic E-state index is 12.5. The van der Waals surface area contributed by atoms with Crippen molar-refractivity contribution in [1.29, 1.82) is 0 Å². The van der Waals surface area contributed by atoms with E-state index in [1.54, 1.807) is 6.07 Å². The van der Waals surface area contributed by atoms with Crippen LogP contribution in [0.4, 0.5) is 5.69 Å². The number of nitrogens with two attached hydrogens (primary N) is 1. The normalized spacial score (nSPS) is 20.2. The molecule has 0 bridgehead atoms. The molecular weight excluding hydrogens is 298 g/mol. The van der Waals surface area contributed by atoms with Crippen LogP contribution in [0.1, 0.15) is 23.7 Å². The number of methoxy groups -OCH3 is 3. The zero-order valence-electron chi connectivity index (χ0n) is 14.1. The summed E-state index contributed by atoms with van der Waals surface area (Å²) < 4.78 is 15.8. The molecule has 23 heavy (non-hydrogen) atoms. The summed E-state index contributed by atoms with van der Waals surface area (Å²) >= 11 is 0. The molecular formula is C16H25N3O4. The molecule has 2 atom stereocenters. The molecule has 1 aromatic carbocycles. The van der Waals surface area contributed by atoms with Crippen LogP contribution < -0.4 is 30.6 Å². The van der Waals surface area contributed by atoms with Gasteiger partial charge in [0.2, 0.25) is 5.75 Å².